The van der Waals surface area contributed by atoms with Crippen molar-refractivity contribution in [3.8, 4) is 11.3 Å². The zero-order valence-corrected chi connectivity index (χ0v) is 15.1. The number of amides is 1. The van der Waals surface area contributed by atoms with Crippen LogP contribution in [0.15, 0.2) is 57.9 Å². The number of thioether (sulfide) groups is 1. The second kappa shape index (κ2) is 6.96. The first-order chi connectivity index (χ1) is 12.7. The summed E-state index contributed by atoms with van der Waals surface area (Å²) in [5.74, 6) is 0.756. The molecule has 2 heterocycles. The van der Waals surface area contributed by atoms with Crippen molar-refractivity contribution in [2.75, 3.05) is 11.4 Å². The molecule has 1 aliphatic heterocycles. The van der Waals surface area contributed by atoms with E-state index in [-0.39, 0.29) is 11.7 Å². The van der Waals surface area contributed by atoms with Crippen molar-refractivity contribution in [1.82, 2.24) is 5.16 Å². The number of halogens is 1. The molecule has 1 amide bonds. The number of benzene rings is 2. The molecule has 6 heteroatoms. The largest absolute Gasteiger partial charge is 0.355 e. The van der Waals surface area contributed by atoms with Gasteiger partial charge in [0.15, 0.2) is 11.5 Å². The first-order valence-electron chi connectivity index (χ1n) is 8.47. The lowest BCUT2D eigenvalue weighted by molar-refractivity contribution is 0.0977. The van der Waals surface area contributed by atoms with Gasteiger partial charge in [-0.05, 0) is 42.8 Å². The summed E-state index contributed by atoms with van der Waals surface area (Å²) in [5.41, 5.74) is 2.77. The normalized spacial score (nSPS) is 12.4. The molecule has 132 valence electrons. The average Bonchev–Trinajstić information content (AvgIpc) is 3.11. The highest BCUT2D eigenvalue weighted by atomic mass is 32.2. The minimum absolute atomic E-state index is 0.219. The Morgan fingerprint density at radius 2 is 2.00 bits per heavy atom. The molecule has 0 bridgehead atoms. The fourth-order valence-electron chi connectivity index (χ4n) is 3.07. The molecule has 0 fully saturated rings. The molecule has 4 rings (SSSR count). The fourth-order valence-corrected chi connectivity index (χ4v) is 4.13. The van der Waals surface area contributed by atoms with Gasteiger partial charge in [-0.1, -0.05) is 24.2 Å². The Kier molecular flexibility index (Phi) is 4.51. The highest BCUT2D eigenvalue weighted by Gasteiger charge is 2.30. The molecule has 0 atom stereocenters. The first-order valence-corrected chi connectivity index (χ1v) is 9.45. The predicted molar refractivity (Wildman–Crippen MR) is 99.9 cm³/mol. The van der Waals surface area contributed by atoms with Crippen LogP contribution in [0.3, 0.4) is 0 Å². The number of fused-ring (bicyclic) bond motifs is 3. The Labute approximate surface area is 155 Å². The Morgan fingerprint density at radius 1 is 1.23 bits per heavy atom. The van der Waals surface area contributed by atoms with Crippen molar-refractivity contribution in [3.63, 3.8) is 0 Å². The van der Waals surface area contributed by atoms with E-state index in [4.69, 9.17) is 4.52 Å². The van der Waals surface area contributed by atoms with E-state index in [9.17, 15) is 9.18 Å². The van der Waals surface area contributed by atoms with Gasteiger partial charge in [-0.25, -0.2) is 4.39 Å². The van der Waals surface area contributed by atoms with E-state index in [0.717, 1.165) is 22.4 Å². The molecular weight excluding hydrogens is 351 g/mol. The highest BCUT2D eigenvalue weighted by molar-refractivity contribution is 7.98. The number of rotatable bonds is 4. The van der Waals surface area contributed by atoms with Gasteiger partial charge >= 0.3 is 0 Å². The van der Waals surface area contributed by atoms with Gasteiger partial charge in [0, 0.05) is 34.0 Å². The maximum atomic E-state index is 13.2. The molecule has 3 aromatic rings. The summed E-state index contributed by atoms with van der Waals surface area (Å²) < 4.78 is 18.8. The number of hydrogen-bond donors (Lipinski definition) is 0. The van der Waals surface area contributed by atoms with Gasteiger partial charge in [-0.3, -0.25) is 4.79 Å². The van der Waals surface area contributed by atoms with Gasteiger partial charge in [0.1, 0.15) is 5.82 Å². The second-order valence-electron chi connectivity index (χ2n) is 6.06. The molecule has 0 saturated carbocycles. The van der Waals surface area contributed by atoms with Crippen molar-refractivity contribution in [3.05, 3.63) is 65.6 Å². The number of hydrogen-bond acceptors (Lipinski definition) is 4. The molecule has 2 aromatic carbocycles. The monoisotopic (exact) mass is 368 g/mol. The van der Waals surface area contributed by atoms with E-state index in [1.54, 1.807) is 28.8 Å². The number of anilines is 1. The van der Waals surface area contributed by atoms with Gasteiger partial charge < -0.3 is 9.42 Å². The quantitative estimate of drug-likeness (QED) is 0.639. The zero-order chi connectivity index (χ0) is 18.1. The third-order valence-electron chi connectivity index (χ3n) is 4.33. The van der Waals surface area contributed by atoms with Crippen LogP contribution in [-0.4, -0.2) is 17.6 Å². The van der Waals surface area contributed by atoms with Gasteiger partial charge in [0.05, 0.1) is 0 Å². The summed E-state index contributed by atoms with van der Waals surface area (Å²) in [7, 11) is 0. The smallest absolute Gasteiger partial charge is 0.280 e. The van der Waals surface area contributed by atoms with Crippen LogP contribution in [0, 0.1) is 5.82 Å². The molecule has 4 nitrogen and oxygen atoms in total. The van der Waals surface area contributed by atoms with E-state index in [1.807, 2.05) is 31.2 Å². The first kappa shape index (κ1) is 16.8. The Bertz CT molecular complexity index is 953. The van der Waals surface area contributed by atoms with E-state index in [1.165, 1.54) is 12.1 Å². The molecule has 0 N–H and O–H groups in total. The van der Waals surface area contributed by atoms with Crippen LogP contribution in [0.1, 0.15) is 29.4 Å². The summed E-state index contributed by atoms with van der Waals surface area (Å²) in [6, 6.07) is 13.9. The molecule has 0 saturated heterocycles. The van der Waals surface area contributed by atoms with Gasteiger partial charge in [0.2, 0.25) is 0 Å². The lowest BCUT2D eigenvalue weighted by Gasteiger charge is -2.22. The summed E-state index contributed by atoms with van der Waals surface area (Å²) in [6.07, 6.45) is 0.779. The molecule has 0 aliphatic carbocycles. The Balaban J connectivity index is 1.72. The number of nitrogens with zero attached hydrogens (tertiary/aromatic N) is 2. The zero-order valence-electron chi connectivity index (χ0n) is 14.2. The standard InChI is InChI=1S/C20H17FN2O2S/c1-2-11-23(14-9-7-13(21)8-10-14)20(24)18-16-12-26-17-6-4-3-5-15(17)19(16)25-22-18/h3-10H,2,11-12H2,1H3. The lowest BCUT2D eigenvalue weighted by Crippen LogP contribution is -2.32. The van der Waals surface area contributed by atoms with Gasteiger partial charge in [-0.2, -0.15) is 0 Å². The van der Waals surface area contributed by atoms with Gasteiger partial charge in [0.25, 0.3) is 5.91 Å². The number of carbonyl (C=O) groups is 1. The van der Waals surface area contributed by atoms with Crippen LogP contribution in [0.4, 0.5) is 10.1 Å². The van der Waals surface area contributed by atoms with Gasteiger partial charge in [-0.15, -0.1) is 11.8 Å². The Morgan fingerprint density at radius 3 is 2.77 bits per heavy atom. The van der Waals surface area contributed by atoms with Crippen LogP contribution in [-0.2, 0) is 5.75 Å². The van der Waals surface area contributed by atoms with E-state index in [0.29, 0.717) is 29.4 Å². The Hall–Kier alpha value is -2.60. The SMILES string of the molecule is CCCN(C(=O)c1noc2c1CSc1ccccc1-2)c1ccc(F)cc1. The molecule has 0 spiro atoms. The second-order valence-corrected chi connectivity index (χ2v) is 7.07. The molecule has 26 heavy (non-hydrogen) atoms. The predicted octanol–water partition coefficient (Wildman–Crippen LogP) is 5.14. The minimum atomic E-state index is -0.329. The average molecular weight is 368 g/mol. The molecule has 0 radical (unpaired) electrons. The van der Waals surface area contributed by atoms with Crippen LogP contribution in [0.2, 0.25) is 0 Å². The summed E-state index contributed by atoms with van der Waals surface area (Å²) in [5, 5.41) is 4.09. The number of carbonyl (C=O) groups excluding carboxylic acids is 1. The molecular formula is C20H17FN2O2S. The third-order valence-corrected chi connectivity index (χ3v) is 5.43. The number of aromatic nitrogens is 1. The summed E-state index contributed by atoms with van der Waals surface area (Å²) in [4.78, 5) is 15.9. The van der Waals surface area contributed by atoms with E-state index < -0.39 is 0 Å². The molecule has 0 unspecified atom stereocenters. The van der Waals surface area contributed by atoms with Crippen LogP contribution >= 0.6 is 11.8 Å². The van der Waals surface area contributed by atoms with Crippen LogP contribution in [0.25, 0.3) is 11.3 Å². The lowest BCUT2D eigenvalue weighted by atomic mass is 10.1. The van der Waals surface area contributed by atoms with Crippen molar-refractivity contribution >= 4 is 23.4 Å². The van der Waals surface area contributed by atoms with Crippen molar-refractivity contribution in [1.29, 1.82) is 0 Å². The highest BCUT2D eigenvalue weighted by Crippen LogP contribution is 2.42. The minimum Gasteiger partial charge on any atom is -0.355 e. The van der Waals surface area contributed by atoms with Crippen LogP contribution < -0.4 is 4.90 Å². The van der Waals surface area contributed by atoms with E-state index in [2.05, 4.69) is 5.16 Å². The molecule has 1 aromatic heterocycles. The van der Waals surface area contributed by atoms with E-state index >= 15 is 0 Å². The maximum absolute atomic E-state index is 13.2. The fraction of sp³-hybridized carbons (Fsp3) is 0.200. The molecule has 1 aliphatic rings. The third kappa shape index (κ3) is 2.90. The van der Waals surface area contributed by atoms with Crippen LogP contribution in [0.5, 0.6) is 0 Å². The van der Waals surface area contributed by atoms with Crippen molar-refractivity contribution in [2.24, 2.45) is 0 Å². The van der Waals surface area contributed by atoms with Crippen molar-refractivity contribution in [2.45, 2.75) is 24.0 Å². The maximum Gasteiger partial charge on any atom is 0.280 e. The summed E-state index contributed by atoms with van der Waals surface area (Å²) in [6.45, 7) is 2.52. The summed E-state index contributed by atoms with van der Waals surface area (Å²) >= 11 is 1.67. The topological polar surface area (TPSA) is 46.3 Å². The van der Waals surface area contributed by atoms with Crippen molar-refractivity contribution < 1.29 is 13.7 Å².